The van der Waals surface area contributed by atoms with Crippen LogP contribution in [0.2, 0.25) is 18.1 Å². The molecule has 0 bridgehead atoms. The van der Waals surface area contributed by atoms with E-state index in [0.29, 0.717) is 11.3 Å². The highest BCUT2D eigenvalue weighted by Crippen LogP contribution is 2.65. The van der Waals surface area contributed by atoms with Crippen LogP contribution < -0.4 is 0 Å². The van der Waals surface area contributed by atoms with Gasteiger partial charge >= 0.3 is 0 Å². The lowest BCUT2D eigenvalue weighted by molar-refractivity contribution is 0.0676. The highest BCUT2D eigenvalue weighted by molar-refractivity contribution is 9.09. The van der Waals surface area contributed by atoms with Crippen LogP contribution in [0, 0.1) is 34.5 Å². The first kappa shape index (κ1) is 24.0. The average Bonchev–Trinajstić information content (AvgIpc) is 3.04. The third kappa shape index (κ3) is 3.83. The summed E-state index contributed by atoms with van der Waals surface area (Å²) in [6, 6.07) is 0. The highest BCUT2D eigenvalue weighted by Gasteiger charge is 2.56. The summed E-state index contributed by atoms with van der Waals surface area (Å²) in [7, 11) is -1.76. The van der Waals surface area contributed by atoms with E-state index in [2.05, 4.69) is 94.9 Å². The van der Waals surface area contributed by atoms with Crippen molar-refractivity contribution in [3.63, 3.8) is 0 Å². The van der Waals surface area contributed by atoms with Crippen molar-refractivity contribution < 1.29 is 4.43 Å². The fraction of sp³-hybridized carbons (Fsp3) is 0.786. The van der Waals surface area contributed by atoms with Crippen LogP contribution in [-0.4, -0.2) is 19.8 Å². The van der Waals surface area contributed by atoms with E-state index in [4.69, 9.17) is 4.43 Å². The quantitative estimate of drug-likeness (QED) is 0.211. The Morgan fingerprint density at radius 1 is 1.13 bits per heavy atom. The summed E-state index contributed by atoms with van der Waals surface area (Å²) in [6.45, 7) is 19.4. The zero-order chi connectivity index (χ0) is 22.8. The second kappa shape index (κ2) is 7.98. The lowest BCUT2D eigenvalue weighted by Crippen LogP contribution is -2.47. The van der Waals surface area contributed by atoms with Crippen LogP contribution in [-0.2, 0) is 4.43 Å². The predicted octanol–water partition coefficient (Wildman–Crippen LogP) is 8.68. The van der Waals surface area contributed by atoms with Gasteiger partial charge in [0.25, 0.3) is 0 Å². The topological polar surface area (TPSA) is 9.23 Å². The number of allylic oxidation sites excluding steroid dienone is 4. The molecular weight excluding hydrogens is 460 g/mol. The summed E-state index contributed by atoms with van der Waals surface area (Å²) >= 11 is 3.78. The Kier molecular flexibility index (Phi) is 6.18. The standard InChI is InChI=1S/C28H45BrOSi/c1-19(18-29)23-11-12-24-22-10-9-20-17-21(30-31(7,8)26(2,3)4)13-15-27(20,5)25(22)14-16-28(23,24)6/h9-10,13,15,19,21,23-25H,11-12,14,16-18H2,1-8H3/t19-,21-,23+,24-,25+,27-,28+/m1/s1. The molecule has 3 heteroatoms. The van der Waals surface area contributed by atoms with Crippen molar-refractivity contribution in [1.82, 2.24) is 0 Å². The molecule has 0 amide bonds. The van der Waals surface area contributed by atoms with Crippen LogP contribution >= 0.6 is 15.9 Å². The largest absolute Gasteiger partial charge is 0.410 e. The van der Waals surface area contributed by atoms with Crippen LogP contribution in [0.3, 0.4) is 0 Å². The molecule has 7 atom stereocenters. The van der Waals surface area contributed by atoms with Crippen LogP contribution in [0.1, 0.15) is 73.6 Å². The molecule has 0 aliphatic heterocycles. The van der Waals surface area contributed by atoms with Crippen LogP contribution in [0.4, 0.5) is 0 Å². The first-order valence-electron chi connectivity index (χ1n) is 12.7. The molecule has 31 heavy (non-hydrogen) atoms. The van der Waals surface area contributed by atoms with Gasteiger partial charge in [0.1, 0.15) is 0 Å². The molecule has 1 nitrogen and oxygen atoms in total. The SMILES string of the molecule is C[C@H](CBr)[C@@H]1CC[C@@H]2C3=CC=C4C[C@H](O[Si](C)(C)C(C)(C)C)C=C[C@@]4(C)[C@H]3CC[C@]21C. The third-order valence-corrected chi connectivity index (χ3v) is 15.9. The van der Waals surface area contributed by atoms with Crippen molar-refractivity contribution in [2.45, 2.75) is 97.9 Å². The van der Waals surface area contributed by atoms with E-state index in [1.807, 2.05) is 0 Å². The second-order valence-corrected chi connectivity index (χ2v) is 18.5. The van der Waals surface area contributed by atoms with Gasteiger partial charge < -0.3 is 4.43 Å². The van der Waals surface area contributed by atoms with Gasteiger partial charge in [0.2, 0.25) is 0 Å². The maximum atomic E-state index is 6.80. The van der Waals surface area contributed by atoms with Gasteiger partial charge in [-0.1, -0.05) is 92.9 Å². The Hall–Kier alpha value is -0.123. The minimum Gasteiger partial charge on any atom is -0.410 e. The first-order chi connectivity index (χ1) is 14.3. The minimum absolute atomic E-state index is 0.192. The van der Waals surface area contributed by atoms with E-state index < -0.39 is 8.32 Å². The van der Waals surface area contributed by atoms with Crippen molar-refractivity contribution in [1.29, 1.82) is 0 Å². The van der Waals surface area contributed by atoms with E-state index in [1.165, 1.54) is 25.7 Å². The maximum Gasteiger partial charge on any atom is 0.192 e. The Morgan fingerprint density at radius 3 is 2.48 bits per heavy atom. The van der Waals surface area contributed by atoms with Crippen molar-refractivity contribution in [2.75, 3.05) is 5.33 Å². The highest BCUT2D eigenvalue weighted by atomic mass is 79.9. The van der Waals surface area contributed by atoms with Gasteiger partial charge in [0, 0.05) is 10.7 Å². The second-order valence-electron chi connectivity index (χ2n) is 13.1. The monoisotopic (exact) mass is 504 g/mol. The van der Waals surface area contributed by atoms with Gasteiger partial charge in [-0.2, -0.15) is 0 Å². The summed E-state index contributed by atoms with van der Waals surface area (Å²) in [5.74, 6) is 3.11. The summed E-state index contributed by atoms with van der Waals surface area (Å²) in [5, 5.41) is 1.40. The predicted molar refractivity (Wildman–Crippen MR) is 140 cm³/mol. The fourth-order valence-electron chi connectivity index (χ4n) is 7.30. The molecule has 2 saturated carbocycles. The molecule has 0 heterocycles. The van der Waals surface area contributed by atoms with Crippen LogP contribution in [0.15, 0.2) is 35.5 Å². The molecule has 0 aromatic carbocycles. The number of hydrogen-bond donors (Lipinski definition) is 0. The molecule has 2 fully saturated rings. The molecule has 4 aliphatic carbocycles. The van der Waals surface area contributed by atoms with E-state index in [0.717, 1.165) is 29.5 Å². The fourth-order valence-corrected chi connectivity index (χ4v) is 9.02. The van der Waals surface area contributed by atoms with E-state index in [1.54, 1.807) is 11.1 Å². The van der Waals surface area contributed by atoms with Gasteiger partial charge in [-0.15, -0.1) is 0 Å². The van der Waals surface area contributed by atoms with Gasteiger partial charge in [-0.05, 0) is 79.3 Å². The average molecular weight is 506 g/mol. The number of fused-ring (bicyclic) bond motifs is 5. The zero-order valence-electron chi connectivity index (χ0n) is 21.2. The van der Waals surface area contributed by atoms with Gasteiger partial charge in [0.05, 0.1) is 6.10 Å². The van der Waals surface area contributed by atoms with Gasteiger partial charge in [-0.3, -0.25) is 0 Å². The Morgan fingerprint density at radius 2 is 1.84 bits per heavy atom. The molecule has 4 rings (SSSR count). The minimum atomic E-state index is -1.76. The summed E-state index contributed by atoms with van der Waals surface area (Å²) < 4.78 is 6.80. The van der Waals surface area contributed by atoms with Crippen LogP contribution in [0.5, 0.6) is 0 Å². The molecule has 0 aromatic rings. The molecule has 4 aliphatic rings. The molecule has 0 aromatic heterocycles. The molecular formula is C28H45BrOSi. The zero-order valence-corrected chi connectivity index (χ0v) is 23.8. The summed E-state index contributed by atoms with van der Waals surface area (Å²) in [6.07, 6.45) is 16.9. The normalized spacial score (nSPS) is 41.1. The van der Waals surface area contributed by atoms with Crippen molar-refractivity contribution in [3.05, 3.63) is 35.5 Å². The summed E-state index contributed by atoms with van der Waals surface area (Å²) in [4.78, 5) is 0. The van der Waals surface area contributed by atoms with E-state index in [9.17, 15) is 0 Å². The number of alkyl halides is 1. The van der Waals surface area contributed by atoms with Crippen LogP contribution in [0.25, 0.3) is 0 Å². The van der Waals surface area contributed by atoms with Crippen molar-refractivity contribution in [3.8, 4) is 0 Å². The van der Waals surface area contributed by atoms with Gasteiger partial charge in [0.15, 0.2) is 8.32 Å². The Balaban J connectivity index is 1.59. The van der Waals surface area contributed by atoms with E-state index >= 15 is 0 Å². The molecule has 0 saturated heterocycles. The van der Waals surface area contributed by atoms with Gasteiger partial charge in [-0.25, -0.2) is 0 Å². The molecule has 0 N–H and O–H groups in total. The van der Waals surface area contributed by atoms with E-state index in [-0.39, 0.29) is 16.6 Å². The molecule has 174 valence electrons. The third-order valence-electron chi connectivity index (χ3n) is 10.3. The lowest BCUT2D eigenvalue weighted by Gasteiger charge is -2.54. The molecule has 0 unspecified atom stereocenters. The Labute approximate surface area is 201 Å². The summed E-state index contributed by atoms with van der Waals surface area (Å²) in [5.41, 5.74) is 4.07. The first-order valence-corrected chi connectivity index (χ1v) is 16.7. The molecule has 0 spiro atoms. The lowest BCUT2D eigenvalue weighted by atomic mass is 9.51. The van der Waals surface area contributed by atoms with Crippen molar-refractivity contribution >= 4 is 24.2 Å². The smallest absolute Gasteiger partial charge is 0.192 e. The molecule has 0 radical (unpaired) electrons. The number of rotatable bonds is 4. The maximum absolute atomic E-state index is 6.80. The number of halogens is 1. The number of hydrogen-bond acceptors (Lipinski definition) is 1. The Bertz CT molecular complexity index is 802. The van der Waals surface area contributed by atoms with Crippen molar-refractivity contribution in [2.24, 2.45) is 34.5 Å².